The van der Waals surface area contributed by atoms with Crippen molar-refractivity contribution >= 4 is 35.1 Å². The van der Waals surface area contributed by atoms with Crippen LogP contribution in [0.25, 0.3) is 11.1 Å². The van der Waals surface area contributed by atoms with E-state index in [0.29, 0.717) is 22.9 Å². The summed E-state index contributed by atoms with van der Waals surface area (Å²) in [4.78, 5) is 19.4. The number of hydrogen-bond donors (Lipinski definition) is 0. The van der Waals surface area contributed by atoms with Crippen molar-refractivity contribution in [2.75, 3.05) is 31.1 Å². The second-order valence-corrected chi connectivity index (χ2v) is 8.86. The lowest BCUT2D eigenvalue weighted by molar-refractivity contribution is -0.117. The molecule has 1 aromatic heterocycles. The van der Waals surface area contributed by atoms with Gasteiger partial charge in [-0.15, -0.1) is 0 Å². The minimum absolute atomic E-state index is 0.527. The number of rotatable bonds is 6. The fraction of sp³-hybridized carbons (Fsp3) is 0.385. The highest BCUT2D eigenvalue weighted by Crippen LogP contribution is 2.34. The topological polar surface area (TPSA) is 49.6 Å². The molecule has 1 aromatic carbocycles. The van der Waals surface area contributed by atoms with Gasteiger partial charge in [-0.05, 0) is 45.4 Å². The molecule has 170 valence electrons. The van der Waals surface area contributed by atoms with Gasteiger partial charge in [0.15, 0.2) is 5.58 Å². The number of aromatic nitrogens is 1. The predicted octanol–water partition coefficient (Wildman–Crippen LogP) is 6.04. The summed E-state index contributed by atoms with van der Waals surface area (Å²) in [7, 11) is 0. The molecule has 1 amide bonds. The van der Waals surface area contributed by atoms with E-state index in [-0.39, 0.29) is 0 Å². The van der Waals surface area contributed by atoms with Crippen LogP contribution < -0.4 is 4.90 Å². The van der Waals surface area contributed by atoms with E-state index >= 15 is 0 Å². The number of likely N-dealkylation sites (tertiary alicyclic amines) is 1. The van der Waals surface area contributed by atoms with Crippen molar-refractivity contribution in [1.29, 1.82) is 0 Å². The smallest absolute Gasteiger partial charge is 0.298 e. The molecular weight excluding hydrogens is 422 g/mol. The summed E-state index contributed by atoms with van der Waals surface area (Å²) in [5, 5.41) is 0.664. The molecule has 0 radical (unpaired) electrons. The molecule has 0 spiro atoms. The molecule has 0 aliphatic carbocycles. The van der Waals surface area contributed by atoms with E-state index in [2.05, 4.69) is 48.5 Å². The molecule has 32 heavy (non-hydrogen) atoms. The second-order valence-electron chi connectivity index (χ2n) is 8.42. The minimum Gasteiger partial charge on any atom is -0.423 e. The molecule has 0 bridgehead atoms. The Balaban J connectivity index is 0.000000210. The number of anilines is 1. The quantitative estimate of drug-likeness (QED) is 0.395. The Bertz CT molecular complexity index is 1020. The molecule has 2 unspecified atom stereocenters. The zero-order chi connectivity index (χ0) is 23.1. The van der Waals surface area contributed by atoms with Crippen LogP contribution in [0.15, 0.2) is 70.7 Å². The fourth-order valence-electron chi connectivity index (χ4n) is 4.19. The molecule has 2 aliphatic rings. The molecule has 2 aromatic rings. The number of fused-ring (bicyclic) bond motifs is 2. The van der Waals surface area contributed by atoms with Gasteiger partial charge in [-0.1, -0.05) is 59.7 Å². The molecule has 2 aliphatic heterocycles. The SMILES string of the molecule is C=C/C=C/C/C(C)=C(C)/C=C\C.O=CN1CC2CN(c3nc4cc(Cl)ccc4o3)CC2C1. The highest BCUT2D eigenvalue weighted by atomic mass is 35.5. The van der Waals surface area contributed by atoms with Crippen LogP contribution in [-0.2, 0) is 4.79 Å². The van der Waals surface area contributed by atoms with Gasteiger partial charge in [0.05, 0.1) is 0 Å². The summed E-state index contributed by atoms with van der Waals surface area (Å²) < 4.78 is 5.80. The van der Waals surface area contributed by atoms with Gasteiger partial charge in [-0.3, -0.25) is 4.79 Å². The first-order chi connectivity index (χ1) is 15.4. The van der Waals surface area contributed by atoms with E-state index in [1.54, 1.807) is 12.1 Å². The first-order valence-electron chi connectivity index (χ1n) is 11.0. The first-order valence-corrected chi connectivity index (χ1v) is 11.4. The maximum absolute atomic E-state index is 10.8. The molecule has 3 heterocycles. The molecule has 4 rings (SSSR count). The van der Waals surface area contributed by atoms with Crippen LogP contribution in [0.3, 0.4) is 0 Å². The first kappa shape index (κ1) is 23.9. The van der Waals surface area contributed by atoms with Gasteiger partial charge in [0.25, 0.3) is 6.01 Å². The summed E-state index contributed by atoms with van der Waals surface area (Å²) in [6, 6.07) is 6.13. The number of benzene rings is 1. The van der Waals surface area contributed by atoms with Gasteiger partial charge in [0.2, 0.25) is 6.41 Å². The average Bonchev–Trinajstić information content (AvgIpc) is 3.46. The third-order valence-electron chi connectivity index (χ3n) is 6.06. The number of halogens is 1. The van der Waals surface area contributed by atoms with Crippen LogP contribution in [0.5, 0.6) is 0 Å². The Hall–Kier alpha value is -2.79. The monoisotopic (exact) mass is 453 g/mol. The minimum atomic E-state index is 0.527. The van der Waals surface area contributed by atoms with Crippen LogP contribution in [0.1, 0.15) is 27.2 Å². The molecular formula is C26H32ClN3O2. The Labute approximate surface area is 195 Å². The standard InChI is InChI=1S/C14H14ClN3O2.C12H18/c15-11-1-2-13-12(3-11)16-14(20-13)18-6-9-4-17(8-19)5-10(9)7-18;1-5-7-8-10-12(4)11(3)9-6-2/h1-3,8-10H,4-7H2;5-9H,1,10H2,2-4H3/b;8-7+,9-6-,12-11+. The van der Waals surface area contributed by atoms with Gasteiger partial charge >= 0.3 is 0 Å². The molecule has 5 nitrogen and oxygen atoms in total. The Morgan fingerprint density at radius 3 is 2.59 bits per heavy atom. The molecule has 6 heteroatoms. The van der Waals surface area contributed by atoms with Crippen molar-refractivity contribution < 1.29 is 9.21 Å². The van der Waals surface area contributed by atoms with Crippen LogP contribution >= 0.6 is 11.6 Å². The van der Waals surface area contributed by atoms with E-state index < -0.39 is 0 Å². The zero-order valence-corrected chi connectivity index (χ0v) is 19.9. The number of hydrogen-bond acceptors (Lipinski definition) is 4. The fourth-order valence-corrected chi connectivity index (χ4v) is 4.36. The molecule has 0 saturated carbocycles. The van der Waals surface area contributed by atoms with E-state index in [4.69, 9.17) is 16.0 Å². The van der Waals surface area contributed by atoms with Crippen molar-refractivity contribution in [3.8, 4) is 0 Å². The third kappa shape index (κ3) is 5.92. The van der Waals surface area contributed by atoms with Crippen molar-refractivity contribution in [3.63, 3.8) is 0 Å². The Kier molecular flexibility index (Phi) is 8.34. The predicted molar refractivity (Wildman–Crippen MR) is 133 cm³/mol. The summed E-state index contributed by atoms with van der Waals surface area (Å²) >= 11 is 5.96. The number of nitrogens with zero attached hydrogens (tertiary/aromatic N) is 3. The van der Waals surface area contributed by atoms with Crippen LogP contribution in [0, 0.1) is 11.8 Å². The molecule has 2 fully saturated rings. The van der Waals surface area contributed by atoms with Crippen molar-refractivity contribution in [1.82, 2.24) is 9.88 Å². The highest BCUT2D eigenvalue weighted by molar-refractivity contribution is 6.31. The zero-order valence-electron chi connectivity index (χ0n) is 19.1. The average molecular weight is 454 g/mol. The van der Waals surface area contributed by atoms with Gasteiger partial charge in [0, 0.05) is 43.0 Å². The van der Waals surface area contributed by atoms with Gasteiger partial charge in [0.1, 0.15) is 5.52 Å². The lowest BCUT2D eigenvalue weighted by atomic mass is 10.0. The third-order valence-corrected chi connectivity index (χ3v) is 6.29. The van der Waals surface area contributed by atoms with Crippen LogP contribution in [0.2, 0.25) is 5.02 Å². The number of carbonyl (C=O) groups is 1. The Morgan fingerprint density at radius 1 is 1.25 bits per heavy atom. The van der Waals surface area contributed by atoms with Crippen LogP contribution in [-0.4, -0.2) is 42.5 Å². The summed E-state index contributed by atoms with van der Waals surface area (Å²) in [5.74, 6) is 1.05. The van der Waals surface area contributed by atoms with Gasteiger partial charge < -0.3 is 14.2 Å². The van der Waals surface area contributed by atoms with E-state index in [1.807, 2.05) is 30.0 Å². The van der Waals surface area contributed by atoms with Crippen LogP contribution in [0.4, 0.5) is 6.01 Å². The molecule has 2 atom stereocenters. The summed E-state index contributed by atoms with van der Waals surface area (Å²) in [5.41, 5.74) is 4.31. The van der Waals surface area contributed by atoms with Crippen molar-refractivity contribution in [3.05, 3.63) is 71.3 Å². The maximum atomic E-state index is 10.8. The van der Waals surface area contributed by atoms with E-state index in [9.17, 15) is 4.79 Å². The lowest BCUT2D eigenvalue weighted by Gasteiger charge is -2.17. The maximum Gasteiger partial charge on any atom is 0.298 e. The summed E-state index contributed by atoms with van der Waals surface area (Å²) in [6.07, 6.45) is 12.1. The largest absolute Gasteiger partial charge is 0.423 e. The Morgan fingerprint density at radius 2 is 1.97 bits per heavy atom. The number of oxazole rings is 1. The lowest BCUT2D eigenvalue weighted by Crippen LogP contribution is -2.28. The molecule has 2 saturated heterocycles. The second kappa shape index (κ2) is 11.2. The summed E-state index contributed by atoms with van der Waals surface area (Å²) in [6.45, 7) is 13.4. The van der Waals surface area contributed by atoms with Crippen molar-refractivity contribution in [2.45, 2.75) is 27.2 Å². The van der Waals surface area contributed by atoms with Crippen molar-refractivity contribution in [2.24, 2.45) is 11.8 Å². The number of carbonyl (C=O) groups excluding carboxylic acids is 1. The highest BCUT2D eigenvalue weighted by Gasteiger charge is 2.41. The molecule has 0 N–H and O–H groups in total. The normalized spacial score (nSPS) is 21.1. The van der Waals surface area contributed by atoms with Gasteiger partial charge in [-0.25, -0.2) is 0 Å². The number of allylic oxidation sites excluding steroid dienone is 7. The number of amides is 1. The van der Waals surface area contributed by atoms with Gasteiger partial charge in [-0.2, -0.15) is 4.98 Å². The van der Waals surface area contributed by atoms with E-state index in [0.717, 1.165) is 50.1 Å². The van der Waals surface area contributed by atoms with E-state index in [1.165, 1.54) is 11.1 Å².